The van der Waals surface area contributed by atoms with Crippen molar-refractivity contribution in [1.82, 2.24) is 4.57 Å². The van der Waals surface area contributed by atoms with Gasteiger partial charge in [0.25, 0.3) is 5.56 Å². The molecule has 0 aliphatic carbocycles. The third kappa shape index (κ3) is 4.68. The quantitative estimate of drug-likeness (QED) is 0.267. The maximum Gasteiger partial charge on any atom is 0.338 e. The van der Waals surface area contributed by atoms with E-state index in [4.69, 9.17) is 18.6 Å². The SMILES string of the molecule is CCOC(=O)C1=C(C)N=c2s/c(=C/c3ccc(-c4cc(Br)ccc4Br)o3)c(=O)n2[C@H]1c1ccc2c(c1)OCO2. The fourth-order valence-corrected chi connectivity index (χ4v) is 6.41. The molecule has 0 bridgehead atoms. The molecule has 6 rings (SSSR count). The molecule has 0 amide bonds. The van der Waals surface area contributed by atoms with Crippen molar-refractivity contribution in [2.45, 2.75) is 19.9 Å². The topological polar surface area (TPSA) is 92.3 Å². The number of allylic oxidation sites excluding steroid dienone is 1. The van der Waals surface area contributed by atoms with Gasteiger partial charge in [-0.25, -0.2) is 9.79 Å². The highest BCUT2D eigenvalue weighted by molar-refractivity contribution is 9.11. The van der Waals surface area contributed by atoms with Crippen LogP contribution in [0.3, 0.4) is 0 Å². The van der Waals surface area contributed by atoms with E-state index in [1.807, 2.05) is 36.4 Å². The average Bonchev–Trinajstić information content (AvgIpc) is 3.64. The Morgan fingerprint density at radius 3 is 2.79 bits per heavy atom. The van der Waals surface area contributed by atoms with Crippen LogP contribution in [-0.2, 0) is 9.53 Å². The summed E-state index contributed by atoms with van der Waals surface area (Å²) in [7, 11) is 0. The van der Waals surface area contributed by atoms with Crippen LogP contribution in [0.4, 0.5) is 0 Å². The number of ether oxygens (including phenoxy) is 3. The zero-order valence-corrected chi connectivity index (χ0v) is 24.7. The first kappa shape index (κ1) is 25.8. The first-order valence-corrected chi connectivity index (χ1v) is 14.4. The molecule has 2 aliphatic rings. The summed E-state index contributed by atoms with van der Waals surface area (Å²) < 4.78 is 26.2. The van der Waals surface area contributed by atoms with E-state index in [-0.39, 0.29) is 19.0 Å². The first-order valence-electron chi connectivity index (χ1n) is 12.0. The second-order valence-corrected chi connectivity index (χ2v) is 11.5. The van der Waals surface area contributed by atoms with E-state index in [0.29, 0.717) is 49.2 Å². The van der Waals surface area contributed by atoms with Crippen molar-refractivity contribution in [2.75, 3.05) is 13.4 Å². The van der Waals surface area contributed by atoms with E-state index in [9.17, 15) is 9.59 Å². The minimum atomic E-state index is -0.748. The maximum absolute atomic E-state index is 13.8. The van der Waals surface area contributed by atoms with Gasteiger partial charge >= 0.3 is 5.97 Å². The molecule has 0 fully saturated rings. The van der Waals surface area contributed by atoms with Crippen LogP contribution in [-0.4, -0.2) is 23.9 Å². The number of thiazole rings is 1. The third-order valence-corrected chi connectivity index (χ3v) is 8.49. The normalized spacial score (nSPS) is 16.3. The molecule has 2 aromatic carbocycles. The van der Waals surface area contributed by atoms with Crippen LogP contribution in [0.2, 0.25) is 0 Å². The van der Waals surface area contributed by atoms with Gasteiger partial charge in [0.2, 0.25) is 6.79 Å². The van der Waals surface area contributed by atoms with Crippen LogP contribution in [0.25, 0.3) is 17.4 Å². The molecule has 198 valence electrons. The van der Waals surface area contributed by atoms with E-state index >= 15 is 0 Å². The van der Waals surface area contributed by atoms with Crippen molar-refractivity contribution in [3.8, 4) is 22.8 Å². The molecule has 1 atom stereocenters. The van der Waals surface area contributed by atoms with Crippen molar-refractivity contribution in [3.05, 3.63) is 99.8 Å². The molecule has 0 radical (unpaired) electrons. The highest BCUT2D eigenvalue weighted by Crippen LogP contribution is 2.38. The Balaban J connectivity index is 1.48. The van der Waals surface area contributed by atoms with E-state index in [2.05, 4.69) is 36.9 Å². The number of nitrogens with zero attached hydrogens (tertiary/aromatic N) is 2. The Bertz CT molecular complexity index is 1850. The molecule has 8 nitrogen and oxygen atoms in total. The zero-order valence-electron chi connectivity index (χ0n) is 20.7. The van der Waals surface area contributed by atoms with Gasteiger partial charge < -0.3 is 18.6 Å². The predicted octanol–water partition coefficient (Wildman–Crippen LogP) is 5.31. The summed E-state index contributed by atoms with van der Waals surface area (Å²) >= 11 is 8.28. The lowest BCUT2D eigenvalue weighted by molar-refractivity contribution is -0.139. The van der Waals surface area contributed by atoms with Gasteiger partial charge in [-0.2, -0.15) is 0 Å². The highest BCUT2D eigenvalue weighted by Gasteiger charge is 2.34. The van der Waals surface area contributed by atoms with Crippen LogP contribution < -0.4 is 24.4 Å². The van der Waals surface area contributed by atoms with E-state index < -0.39 is 12.0 Å². The first-order chi connectivity index (χ1) is 18.8. The van der Waals surface area contributed by atoms with Gasteiger partial charge in [-0.1, -0.05) is 49.3 Å². The molecule has 0 N–H and O–H groups in total. The summed E-state index contributed by atoms with van der Waals surface area (Å²) in [5.41, 5.74) is 2.06. The molecule has 0 unspecified atom stereocenters. The van der Waals surface area contributed by atoms with Crippen molar-refractivity contribution in [2.24, 2.45) is 4.99 Å². The summed E-state index contributed by atoms with van der Waals surface area (Å²) in [6, 6.07) is 14.1. The fraction of sp³-hybridized carbons (Fsp3) is 0.179. The minimum Gasteiger partial charge on any atom is -0.463 e. The number of furan rings is 1. The second kappa shape index (κ2) is 10.3. The lowest BCUT2D eigenvalue weighted by Crippen LogP contribution is -2.39. The number of hydrogen-bond acceptors (Lipinski definition) is 8. The van der Waals surface area contributed by atoms with Gasteiger partial charge in [-0.05, 0) is 61.9 Å². The van der Waals surface area contributed by atoms with Gasteiger partial charge in [0.05, 0.1) is 28.5 Å². The number of aromatic nitrogens is 1. The summed E-state index contributed by atoms with van der Waals surface area (Å²) in [5, 5.41) is 0. The molecule has 0 saturated carbocycles. The van der Waals surface area contributed by atoms with Crippen LogP contribution in [0.1, 0.15) is 31.2 Å². The number of halogens is 2. The molecule has 39 heavy (non-hydrogen) atoms. The van der Waals surface area contributed by atoms with E-state index in [0.717, 1.165) is 14.5 Å². The van der Waals surface area contributed by atoms with Crippen LogP contribution in [0.15, 0.2) is 83.0 Å². The Morgan fingerprint density at radius 1 is 1.15 bits per heavy atom. The Labute approximate surface area is 243 Å². The Hall–Kier alpha value is -3.41. The zero-order chi connectivity index (χ0) is 27.3. The molecule has 0 saturated heterocycles. The second-order valence-electron chi connectivity index (χ2n) is 8.74. The van der Waals surface area contributed by atoms with Crippen molar-refractivity contribution < 1.29 is 23.4 Å². The number of fused-ring (bicyclic) bond motifs is 2. The van der Waals surface area contributed by atoms with Crippen LogP contribution in [0.5, 0.6) is 11.5 Å². The molecule has 11 heteroatoms. The van der Waals surface area contributed by atoms with Gasteiger partial charge in [-0.15, -0.1) is 0 Å². The number of esters is 1. The summed E-state index contributed by atoms with van der Waals surface area (Å²) in [6.45, 7) is 3.80. The minimum absolute atomic E-state index is 0.114. The molecule has 4 heterocycles. The lowest BCUT2D eigenvalue weighted by atomic mass is 9.95. The van der Waals surface area contributed by atoms with Gasteiger partial charge in [-0.3, -0.25) is 9.36 Å². The number of benzene rings is 2. The predicted molar refractivity (Wildman–Crippen MR) is 153 cm³/mol. The largest absolute Gasteiger partial charge is 0.463 e. The fourth-order valence-electron chi connectivity index (χ4n) is 4.58. The average molecular weight is 672 g/mol. The van der Waals surface area contributed by atoms with Crippen molar-refractivity contribution >= 4 is 55.2 Å². The Kier molecular flexibility index (Phi) is 6.82. The van der Waals surface area contributed by atoms with E-state index in [1.165, 1.54) is 15.9 Å². The molecule has 2 aromatic heterocycles. The van der Waals surface area contributed by atoms with Crippen LogP contribution >= 0.6 is 43.2 Å². The van der Waals surface area contributed by atoms with Crippen molar-refractivity contribution in [1.29, 1.82) is 0 Å². The molecule has 0 spiro atoms. The summed E-state index contributed by atoms with van der Waals surface area (Å²) in [4.78, 5) is 32.0. The van der Waals surface area contributed by atoms with Crippen LogP contribution in [0, 0.1) is 0 Å². The maximum atomic E-state index is 13.8. The lowest BCUT2D eigenvalue weighted by Gasteiger charge is -2.24. The molecular formula is C28H20Br2N2O6S. The van der Waals surface area contributed by atoms with Gasteiger partial charge in [0.15, 0.2) is 16.3 Å². The smallest absolute Gasteiger partial charge is 0.338 e. The van der Waals surface area contributed by atoms with Gasteiger partial charge in [0, 0.05) is 20.6 Å². The standard InChI is InChI=1S/C28H20Br2N2O6S/c1-3-35-27(34)24-14(2)31-28-32(25(24)15-4-8-21-22(10-15)37-13-36-21)26(33)23(39-28)12-17-6-9-20(38-17)18-11-16(29)5-7-19(18)30/h4-12,25H,3,13H2,1-2H3/b23-12+/t25-/m0/s1. The molecule has 2 aliphatic heterocycles. The molecular weight excluding hydrogens is 652 g/mol. The number of hydrogen-bond donors (Lipinski definition) is 0. The third-order valence-electron chi connectivity index (χ3n) is 6.32. The molecule has 4 aromatic rings. The number of rotatable bonds is 5. The van der Waals surface area contributed by atoms with E-state index in [1.54, 1.807) is 32.1 Å². The number of carbonyl (C=O) groups is 1. The summed E-state index contributed by atoms with van der Waals surface area (Å²) in [5.74, 6) is 1.81. The van der Waals surface area contributed by atoms with Gasteiger partial charge in [0.1, 0.15) is 11.5 Å². The monoisotopic (exact) mass is 670 g/mol. The summed E-state index contributed by atoms with van der Waals surface area (Å²) in [6.07, 6.45) is 1.69. The highest BCUT2D eigenvalue weighted by atomic mass is 79.9. The van der Waals surface area contributed by atoms with Crippen molar-refractivity contribution in [3.63, 3.8) is 0 Å². The Morgan fingerprint density at radius 2 is 1.97 bits per heavy atom. The number of carbonyl (C=O) groups excluding carboxylic acids is 1.